The number of rotatable bonds is 5. The summed E-state index contributed by atoms with van der Waals surface area (Å²) in [4.78, 5) is 20.1. The van der Waals surface area contributed by atoms with Crippen LogP contribution in [-0.4, -0.2) is 14.9 Å². The first-order valence-corrected chi connectivity index (χ1v) is 8.97. The Morgan fingerprint density at radius 1 is 1.08 bits per heavy atom. The maximum Gasteiger partial charge on any atom is 0.343 e. The molecule has 0 unspecified atom stereocenters. The van der Waals surface area contributed by atoms with E-state index in [2.05, 4.69) is 15.3 Å². The van der Waals surface area contributed by atoms with Crippen molar-refractivity contribution in [2.24, 2.45) is 0 Å². The van der Waals surface area contributed by atoms with Crippen molar-refractivity contribution in [1.82, 2.24) is 9.97 Å². The minimum absolute atomic E-state index is 0.117. The number of nitrogens with zero attached hydrogens (tertiary/aromatic N) is 3. The smallest absolute Gasteiger partial charge is 0.334 e. The molecule has 0 bridgehead atoms. The van der Waals surface area contributed by atoms with Crippen molar-refractivity contribution in [2.75, 3.05) is 5.32 Å². The lowest BCUT2D eigenvalue weighted by atomic mass is 10.2. The lowest BCUT2D eigenvalue weighted by Crippen LogP contribution is -2.03. The van der Waals surface area contributed by atoms with Gasteiger partial charge in [-0.25, -0.2) is 9.97 Å². The number of halogens is 2. The minimum atomic E-state index is -0.494. The monoisotopic (exact) mass is 406 g/mol. The molecule has 0 saturated carbocycles. The summed E-state index contributed by atoms with van der Waals surface area (Å²) in [7, 11) is 0. The normalized spacial score (nSPS) is 10.6. The molecule has 0 saturated heterocycles. The summed E-state index contributed by atoms with van der Waals surface area (Å²) >= 11 is 13.0. The largest absolute Gasteiger partial charge is 0.343 e. The highest BCUT2D eigenvalue weighted by atomic mass is 35.5. The third kappa shape index (κ3) is 4.24. The Bertz CT molecular complexity index is 967. The second-order valence-electron chi connectivity index (χ2n) is 5.27. The summed E-state index contributed by atoms with van der Waals surface area (Å²) in [6, 6.07) is 12.2. The van der Waals surface area contributed by atoms with Crippen LogP contribution in [0.4, 0.5) is 17.2 Å². The molecule has 0 fully saturated rings. The van der Waals surface area contributed by atoms with Gasteiger partial charge in [0.05, 0.1) is 4.92 Å². The molecule has 26 heavy (non-hydrogen) atoms. The summed E-state index contributed by atoms with van der Waals surface area (Å²) in [6.45, 7) is 1.85. The molecule has 0 spiro atoms. The molecule has 0 aliphatic heterocycles. The van der Waals surface area contributed by atoms with Crippen molar-refractivity contribution in [3.8, 4) is 0 Å². The average Bonchev–Trinajstić information content (AvgIpc) is 2.59. The summed E-state index contributed by atoms with van der Waals surface area (Å²) in [5.74, 6) is 0.117. The molecular formula is C17H12Cl2N4O2S. The number of hydrogen-bond donors (Lipinski definition) is 1. The van der Waals surface area contributed by atoms with Crippen LogP contribution in [0.2, 0.25) is 10.0 Å². The predicted octanol–water partition coefficient (Wildman–Crippen LogP) is 5.89. The van der Waals surface area contributed by atoms with Gasteiger partial charge >= 0.3 is 5.69 Å². The van der Waals surface area contributed by atoms with Gasteiger partial charge in [0.15, 0.2) is 5.03 Å². The maximum atomic E-state index is 11.6. The Kier molecular flexibility index (Phi) is 5.61. The van der Waals surface area contributed by atoms with Crippen molar-refractivity contribution in [2.45, 2.75) is 16.8 Å². The van der Waals surface area contributed by atoms with Gasteiger partial charge in [-0.1, -0.05) is 35.0 Å². The Morgan fingerprint density at radius 3 is 2.42 bits per heavy atom. The third-order valence-corrected chi connectivity index (χ3v) is 4.93. The maximum absolute atomic E-state index is 11.6. The molecule has 0 radical (unpaired) electrons. The Labute approximate surface area is 163 Å². The molecule has 132 valence electrons. The van der Waals surface area contributed by atoms with Crippen molar-refractivity contribution in [3.63, 3.8) is 0 Å². The summed E-state index contributed by atoms with van der Waals surface area (Å²) in [5.41, 5.74) is 1.33. The second kappa shape index (κ2) is 7.90. The average molecular weight is 407 g/mol. The van der Waals surface area contributed by atoms with Gasteiger partial charge < -0.3 is 5.32 Å². The highest BCUT2D eigenvalue weighted by Gasteiger charge is 2.24. The summed E-state index contributed by atoms with van der Waals surface area (Å²) in [6.07, 6.45) is 1.29. The lowest BCUT2D eigenvalue weighted by molar-refractivity contribution is -0.387. The van der Waals surface area contributed by atoms with Gasteiger partial charge in [-0.15, -0.1) is 0 Å². The molecule has 1 heterocycles. The molecule has 2 aromatic carbocycles. The predicted molar refractivity (Wildman–Crippen MR) is 104 cm³/mol. The number of anilines is 2. The standard InChI is InChI=1S/C17H12Cl2N4O2S/c1-10-8-12(19)4-7-14(10)22-16-15(23(24)25)17(21-9-20-16)26-13-5-2-11(18)3-6-13/h2-9H,1H3,(H,20,21,22). The van der Waals surface area contributed by atoms with E-state index in [1.54, 1.807) is 42.5 Å². The molecule has 1 N–H and O–H groups in total. The number of aryl methyl sites for hydroxylation is 1. The number of nitrogens with one attached hydrogen (secondary N) is 1. The second-order valence-corrected chi connectivity index (χ2v) is 7.21. The Hall–Kier alpha value is -2.35. The number of hydrogen-bond acceptors (Lipinski definition) is 6. The van der Waals surface area contributed by atoms with Gasteiger partial charge in [-0.05, 0) is 55.0 Å². The highest BCUT2D eigenvalue weighted by molar-refractivity contribution is 7.99. The van der Waals surface area contributed by atoms with Crippen LogP contribution in [-0.2, 0) is 0 Å². The van der Waals surface area contributed by atoms with Gasteiger partial charge in [-0.2, -0.15) is 0 Å². The van der Waals surface area contributed by atoms with E-state index in [9.17, 15) is 10.1 Å². The molecule has 0 atom stereocenters. The van der Waals surface area contributed by atoms with Crippen LogP contribution in [0, 0.1) is 17.0 Å². The molecular weight excluding hydrogens is 395 g/mol. The van der Waals surface area contributed by atoms with E-state index in [0.29, 0.717) is 15.7 Å². The zero-order valence-corrected chi connectivity index (χ0v) is 15.8. The van der Waals surface area contributed by atoms with Gasteiger partial charge in [0.25, 0.3) is 0 Å². The zero-order chi connectivity index (χ0) is 18.7. The van der Waals surface area contributed by atoms with Crippen LogP contribution in [0.1, 0.15) is 5.56 Å². The zero-order valence-electron chi connectivity index (χ0n) is 13.4. The van der Waals surface area contributed by atoms with E-state index in [1.165, 1.54) is 18.1 Å². The van der Waals surface area contributed by atoms with E-state index in [4.69, 9.17) is 23.2 Å². The van der Waals surface area contributed by atoms with Crippen molar-refractivity contribution in [3.05, 3.63) is 74.5 Å². The molecule has 0 aliphatic carbocycles. The summed E-state index contributed by atoms with van der Waals surface area (Å²) < 4.78 is 0. The van der Waals surface area contributed by atoms with Gasteiger partial charge in [-0.3, -0.25) is 10.1 Å². The van der Waals surface area contributed by atoms with E-state index >= 15 is 0 Å². The van der Waals surface area contributed by atoms with Crippen LogP contribution in [0.25, 0.3) is 0 Å². The molecule has 9 heteroatoms. The number of aromatic nitrogens is 2. The van der Waals surface area contributed by atoms with Crippen LogP contribution in [0.3, 0.4) is 0 Å². The van der Waals surface area contributed by atoms with Crippen molar-refractivity contribution in [1.29, 1.82) is 0 Å². The molecule has 0 aliphatic rings. The molecule has 6 nitrogen and oxygen atoms in total. The van der Waals surface area contributed by atoms with Gasteiger partial charge in [0, 0.05) is 20.6 Å². The summed E-state index contributed by atoms with van der Waals surface area (Å²) in [5, 5.41) is 16.1. The topological polar surface area (TPSA) is 81.0 Å². The van der Waals surface area contributed by atoms with Crippen LogP contribution in [0.5, 0.6) is 0 Å². The third-order valence-electron chi connectivity index (χ3n) is 3.44. The van der Waals surface area contributed by atoms with E-state index < -0.39 is 4.92 Å². The fraction of sp³-hybridized carbons (Fsp3) is 0.0588. The van der Waals surface area contributed by atoms with Crippen molar-refractivity contribution < 1.29 is 4.92 Å². The van der Waals surface area contributed by atoms with Crippen molar-refractivity contribution >= 4 is 52.2 Å². The Balaban J connectivity index is 1.98. The first-order chi connectivity index (χ1) is 12.4. The lowest BCUT2D eigenvalue weighted by Gasteiger charge is -2.10. The quantitative estimate of drug-likeness (QED) is 0.322. The van der Waals surface area contributed by atoms with E-state index in [1.807, 2.05) is 6.92 Å². The van der Waals surface area contributed by atoms with Crippen LogP contribution < -0.4 is 5.32 Å². The molecule has 1 aromatic heterocycles. The van der Waals surface area contributed by atoms with Gasteiger partial charge in [0.2, 0.25) is 5.82 Å². The fourth-order valence-corrected chi connectivity index (χ4v) is 3.42. The molecule has 0 amide bonds. The van der Waals surface area contributed by atoms with E-state index in [-0.39, 0.29) is 16.5 Å². The molecule has 3 aromatic rings. The first-order valence-electron chi connectivity index (χ1n) is 7.40. The highest BCUT2D eigenvalue weighted by Crippen LogP contribution is 2.38. The number of nitro groups is 1. The number of benzene rings is 2. The van der Waals surface area contributed by atoms with Crippen LogP contribution >= 0.6 is 35.0 Å². The van der Waals surface area contributed by atoms with E-state index in [0.717, 1.165) is 10.5 Å². The molecule has 3 rings (SSSR count). The van der Waals surface area contributed by atoms with Crippen LogP contribution in [0.15, 0.2) is 58.7 Å². The minimum Gasteiger partial charge on any atom is -0.334 e. The SMILES string of the molecule is Cc1cc(Cl)ccc1Nc1ncnc(Sc2ccc(Cl)cc2)c1[N+](=O)[O-]. The first kappa shape index (κ1) is 18.4. The van der Waals surface area contributed by atoms with Gasteiger partial charge in [0.1, 0.15) is 6.33 Å². The fourth-order valence-electron chi connectivity index (χ4n) is 2.20. The Morgan fingerprint density at radius 2 is 1.77 bits per heavy atom.